The van der Waals surface area contributed by atoms with Gasteiger partial charge in [0.05, 0.1) is 0 Å². The fourth-order valence-corrected chi connectivity index (χ4v) is 1.98. The third-order valence-electron chi connectivity index (χ3n) is 3.00. The largest absolute Gasteiger partial charge is 0.309 e. The third-order valence-corrected chi connectivity index (χ3v) is 3.00. The molecule has 1 heteroatoms. The fraction of sp³-hybridized carbons (Fsp3) is 0.286. The molecule has 0 aromatic heterocycles. The number of aryl methyl sites for hydroxylation is 1. The molecule has 1 N–H and O–H groups in total. The Morgan fingerprint density at radius 1 is 1.40 bits per heavy atom. The van der Waals surface area contributed by atoms with Gasteiger partial charge >= 0.3 is 0 Å². The zero-order valence-corrected chi connectivity index (χ0v) is 9.43. The number of hydrogen-bond acceptors (Lipinski definition) is 1. The van der Waals surface area contributed by atoms with E-state index in [1.165, 1.54) is 21.9 Å². The van der Waals surface area contributed by atoms with Crippen molar-refractivity contribution in [2.45, 2.75) is 13.8 Å². The summed E-state index contributed by atoms with van der Waals surface area (Å²) in [7, 11) is 0. The van der Waals surface area contributed by atoms with Gasteiger partial charge in [-0.25, -0.2) is 0 Å². The van der Waals surface area contributed by atoms with E-state index in [-0.39, 0.29) is 0 Å². The van der Waals surface area contributed by atoms with Crippen molar-refractivity contribution in [3.8, 4) is 0 Å². The van der Waals surface area contributed by atoms with Crippen LogP contribution in [0.3, 0.4) is 0 Å². The lowest BCUT2D eigenvalue weighted by molar-refractivity contribution is 0.897. The molecule has 1 aromatic rings. The van der Waals surface area contributed by atoms with Gasteiger partial charge in [-0.2, -0.15) is 0 Å². The summed E-state index contributed by atoms with van der Waals surface area (Å²) in [6.07, 6.45) is 4.39. The summed E-state index contributed by atoms with van der Waals surface area (Å²) < 4.78 is 0. The quantitative estimate of drug-likeness (QED) is 0.716. The van der Waals surface area contributed by atoms with E-state index in [9.17, 15) is 0 Å². The predicted octanol–water partition coefficient (Wildman–Crippen LogP) is 1.19. The second-order valence-corrected chi connectivity index (χ2v) is 4.01. The molecule has 0 saturated carbocycles. The minimum absolute atomic E-state index is 0.985. The van der Waals surface area contributed by atoms with Gasteiger partial charge in [0, 0.05) is 13.1 Å². The van der Waals surface area contributed by atoms with Crippen molar-refractivity contribution in [3.63, 3.8) is 0 Å². The Morgan fingerprint density at radius 3 is 2.80 bits per heavy atom. The minimum atomic E-state index is 0.985. The molecule has 0 fully saturated rings. The molecule has 0 spiro atoms. The van der Waals surface area contributed by atoms with Crippen LogP contribution >= 0.6 is 0 Å². The standard InChI is InChI=1S/C14H17N/c1-4-12-8-14(7-10(2)11(12)3)13-5-6-15-9-13/h4-5,7-8,15H,3,6,9H2,1-2H3/b12-4-. The second-order valence-electron chi connectivity index (χ2n) is 4.01. The maximum absolute atomic E-state index is 4.09. The van der Waals surface area contributed by atoms with Crippen molar-refractivity contribution in [2.24, 2.45) is 0 Å². The summed E-state index contributed by atoms with van der Waals surface area (Å²) in [4.78, 5) is 0. The van der Waals surface area contributed by atoms with Crippen molar-refractivity contribution in [2.75, 3.05) is 13.1 Å². The fourth-order valence-electron chi connectivity index (χ4n) is 1.98. The molecule has 1 heterocycles. The highest BCUT2D eigenvalue weighted by Crippen LogP contribution is 2.14. The molecular weight excluding hydrogens is 182 g/mol. The zero-order valence-electron chi connectivity index (χ0n) is 9.43. The van der Waals surface area contributed by atoms with Crippen LogP contribution in [0.25, 0.3) is 18.2 Å². The molecule has 2 rings (SSSR count). The van der Waals surface area contributed by atoms with Gasteiger partial charge in [-0.1, -0.05) is 24.8 Å². The summed E-state index contributed by atoms with van der Waals surface area (Å²) >= 11 is 0. The van der Waals surface area contributed by atoms with E-state index in [1.54, 1.807) is 0 Å². The normalized spacial score (nSPS) is 16.9. The first-order valence-corrected chi connectivity index (χ1v) is 5.38. The van der Waals surface area contributed by atoms with Gasteiger partial charge in [0.2, 0.25) is 0 Å². The summed E-state index contributed by atoms with van der Waals surface area (Å²) in [5, 5.41) is 5.72. The molecule has 0 atom stereocenters. The Kier molecular flexibility index (Phi) is 2.74. The average Bonchev–Trinajstić information content (AvgIpc) is 2.75. The third kappa shape index (κ3) is 1.88. The molecule has 15 heavy (non-hydrogen) atoms. The monoisotopic (exact) mass is 199 g/mol. The van der Waals surface area contributed by atoms with Crippen molar-refractivity contribution < 1.29 is 0 Å². The van der Waals surface area contributed by atoms with Gasteiger partial charge in [0.25, 0.3) is 0 Å². The second kappa shape index (κ2) is 4.03. The molecule has 78 valence electrons. The summed E-state index contributed by atoms with van der Waals surface area (Å²) in [6.45, 7) is 10.3. The highest BCUT2D eigenvalue weighted by atomic mass is 14.9. The lowest BCUT2D eigenvalue weighted by atomic mass is 10.0. The molecule has 0 bridgehead atoms. The van der Waals surface area contributed by atoms with E-state index >= 15 is 0 Å². The molecule has 0 unspecified atom stereocenters. The van der Waals surface area contributed by atoms with Crippen LogP contribution in [0.5, 0.6) is 0 Å². The van der Waals surface area contributed by atoms with Gasteiger partial charge in [-0.3, -0.25) is 0 Å². The Balaban J connectivity index is 2.60. The van der Waals surface area contributed by atoms with Gasteiger partial charge in [-0.05, 0) is 47.1 Å². The summed E-state index contributed by atoms with van der Waals surface area (Å²) in [5.74, 6) is 0. The Hall–Kier alpha value is -1.34. The highest BCUT2D eigenvalue weighted by Gasteiger charge is 2.06. The molecule has 0 saturated heterocycles. The van der Waals surface area contributed by atoms with Gasteiger partial charge in [-0.15, -0.1) is 0 Å². The van der Waals surface area contributed by atoms with E-state index in [1.807, 2.05) is 0 Å². The van der Waals surface area contributed by atoms with E-state index in [4.69, 9.17) is 0 Å². The first kappa shape index (κ1) is 10.2. The first-order valence-electron chi connectivity index (χ1n) is 5.38. The zero-order chi connectivity index (χ0) is 10.8. The smallest absolute Gasteiger partial charge is 0.0211 e. The Morgan fingerprint density at radius 2 is 2.20 bits per heavy atom. The van der Waals surface area contributed by atoms with Crippen LogP contribution in [0, 0.1) is 6.92 Å². The molecule has 0 amide bonds. The van der Waals surface area contributed by atoms with Crippen LogP contribution in [0.1, 0.15) is 18.1 Å². The van der Waals surface area contributed by atoms with Crippen LogP contribution in [-0.2, 0) is 0 Å². The Bertz CT molecular complexity index is 509. The van der Waals surface area contributed by atoms with E-state index in [0.29, 0.717) is 0 Å². The van der Waals surface area contributed by atoms with Crippen LogP contribution in [0.15, 0.2) is 18.2 Å². The number of benzene rings is 1. The van der Waals surface area contributed by atoms with Crippen LogP contribution < -0.4 is 15.8 Å². The lowest BCUT2D eigenvalue weighted by Crippen LogP contribution is -2.26. The lowest BCUT2D eigenvalue weighted by Gasteiger charge is -2.05. The minimum Gasteiger partial charge on any atom is -0.309 e. The van der Waals surface area contributed by atoms with Crippen LogP contribution in [-0.4, -0.2) is 13.1 Å². The van der Waals surface area contributed by atoms with E-state index in [0.717, 1.165) is 18.3 Å². The summed E-state index contributed by atoms with van der Waals surface area (Å²) in [5.41, 5.74) is 4.01. The number of hydrogen-bond donors (Lipinski definition) is 1. The molecule has 1 aromatic carbocycles. The van der Waals surface area contributed by atoms with E-state index < -0.39 is 0 Å². The highest BCUT2D eigenvalue weighted by molar-refractivity contribution is 5.69. The van der Waals surface area contributed by atoms with Crippen molar-refractivity contribution >= 4 is 18.2 Å². The average molecular weight is 199 g/mol. The van der Waals surface area contributed by atoms with E-state index in [2.05, 4.69) is 50.0 Å². The molecule has 1 aliphatic rings. The van der Waals surface area contributed by atoms with Crippen molar-refractivity contribution in [3.05, 3.63) is 39.8 Å². The maximum atomic E-state index is 4.09. The molecular formula is C14H17N. The summed E-state index contributed by atoms with van der Waals surface area (Å²) in [6, 6.07) is 4.46. The molecule has 0 radical (unpaired) electrons. The topological polar surface area (TPSA) is 12.0 Å². The number of nitrogens with one attached hydrogen (secondary N) is 1. The van der Waals surface area contributed by atoms with Gasteiger partial charge < -0.3 is 5.32 Å². The van der Waals surface area contributed by atoms with Gasteiger partial charge in [0.15, 0.2) is 0 Å². The van der Waals surface area contributed by atoms with Crippen molar-refractivity contribution in [1.82, 2.24) is 5.32 Å². The first-order chi connectivity index (χ1) is 7.22. The van der Waals surface area contributed by atoms with Crippen LogP contribution in [0.2, 0.25) is 0 Å². The SMILES string of the molecule is C=c1c(C)cc(C2=CCNC2)c/c1=C/C. The molecule has 1 nitrogen and oxygen atoms in total. The van der Waals surface area contributed by atoms with Crippen molar-refractivity contribution in [1.29, 1.82) is 0 Å². The predicted molar refractivity (Wildman–Crippen MR) is 66.9 cm³/mol. The molecule has 0 aliphatic carbocycles. The molecule has 1 aliphatic heterocycles. The Labute approximate surface area is 90.8 Å². The van der Waals surface area contributed by atoms with Crippen LogP contribution in [0.4, 0.5) is 0 Å². The number of rotatable bonds is 1. The maximum Gasteiger partial charge on any atom is 0.0211 e. The van der Waals surface area contributed by atoms with Gasteiger partial charge in [0.1, 0.15) is 0 Å².